The third-order valence-electron chi connectivity index (χ3n) is 3.75. The lowest BCUT2D eigenvalue weighted by molar-refractivity contribution is -0.183. The molecule has 1 fully saturated rings. The molecule has 0 spiro atoms. The number of alkyl halides is 3. The number of carbonyl (C=O) groups excluding carboxylic acids is 1. The molecule has 1 saturated heterocycles. The largest absolute Gasteiger partial charge is 0.399 e. The van der Waals surface area contributed by atoms with Crippen molar-refractivity contribution < 1.29 is 22.4 Å². The molecule has 0 radical (unpaired) electrons. The number of hydrogen-bond acceptors (Lipinski definition) is 2. The minimum absolute atomic E-state index is 0.0315. The van der Waals surface area contributed by atoms with Crippen LogP contribution in [0.1, 0.15) is 28.8 Å². The fraction of sp³-hybridized carbons (Fsp3) is 0.500. The first-order valence-electron chi connectivity index (χ1n) is 6.61. The molecule has 2 rings (SSSR count). The maximum absolute atomic E-state index is 14.0. The second-order valence-corrected chi connectivity index (χ2v) is 5.31. The normalized spacial score (nSPS) is 17.1. The molecule has 1 heterocycles. The van der Waals surface area contributed by atoms with Crippen molar-refractivity contribution >= 4 is 11.6 Å². The molecule has 1 aromatic rings. The quantitative estimate of drug-likeness (QED) is 0.640. The topological polar surface area (TPSA) is 46.3 Å². The van der Waals surface area contributed by atoms with Gasteiger partial charge in [-0.3, -0.25) is 4.79 Å². The van der Waals surface area contributed by atoms with Crippen molar-refractivity contribution in [2.75, 3.05) is 18.8 Å². The summed E-state index contributed by atoms with van der Waals surface area (Å²) >= 11 is 0. The highest BCUT2D eigenvalue weighted by atomic mass is 19.4. The zero-order chi connectivity index (χ0) is 15.8. The van der Waals surface area contributed by atoms with E-state index in [-0.39, 0.29) is 42.7 Å². The van der Waals surface area contributed by atoms with Crippen LogP contribution in [0, 0.1) is 18.7 Å². The van der Waals surface area contributed by atoms with Crippen molar-refractivity contribution in [3.05, 3.63) is 29.1 Å². The predicted molar refractivity (Wildman–Crippen MR) is 70.2 cm³/mol. The number of piperidine rings is 1. The minimum Gasteiger partial charge on any atom is -0.399 e. The molecule has 21 heavy (non-hydrogen) atoms. The molecule has 7 heteroatoms. The summed E-state index contributed by atoms with van der Waals surface area (Å²) in [6.45, 7) is 1.42. The fourth-order valence-electron chi connectivity index (χ4n) is 2.53. The van der Waals surface area contributed by atoms with Gasteiger partial charge in [0.05, 0.1) is 11.5 Å². The summed E-state index contributed by atoms with van der Waals surface area (Å²) in [6, 6.07) is 2.63. The van der Waals surface area contributed by atoms with Crippen LogP contribution in [-0.2, 0) is 0 Å². The number of hydrogen-bond donors (Lipinski definition) is 1. The van der Waals surface area contributed by atoms with Gasteiger partial charge in [-0.15, -0.1) is 0 Å². The van der Waals surface area contributed by atoms with Crippen molar-refractivity contribution in [3.8, 4) is 0 Å². The number of nitrogens with two attached hydrogens (primary N) is 1. The van der Waals surface area contributed by atoms with Gasteiger partial charge in [-0.1, -0.05) is 0 Å². The standard InChI is InChI=1S/C14H16F4N2O/c1-8-6-10(19)7-11(12(8)15)13(21)20-4-2-9(3-5-20)14(16,17)18/h6-7,9H,2-5,19H2,1H3. The second kappa shape index (κ2) is 5.54. The molecule has 0 atom stereocenters. The number of likely N-dealkylation sites (tertiary alicyclic amines) is 1. The lowest BCUT2D eigenvalue weighted by Gasteiger charge is -2.33. The van der Waals surface area contributed by atoms with Gasteiger partial charge in [0.25, 0.3) is 5.91 Å². The maximum atomic E-state index is 14.0. The Hall–Kier alpha value is -1.79. The molecule has 1 aliphatic heterocycles. The van der Waals surface area contributed by atoms with Gasteiger partial charge >= 0.3 is 6.18 Å². The summed E-state index contributed by atoms with van der Waals surface area (Å²) in [6.07, 6.45) is -4.55. The number of anilines is 1. The average Bonchev–Trinajstić information content (AvgIpc) is 2.41. The summed E-state index contributed by atoms with van der Waals surface area (Å²) in [5.74, 6) is -2.68. The molecule has 0 bridgehead atoms. The van der Waals surface area contributed by atoms with Gasteiger partial charge in [-0.2, -0.15) is 13.2 Å². The summed E-state index contributed by atoms with van der Waals surface area (Å²) in [5.41, 5.74) is 5.90. The Morgan fingerprint density at radius 1 is 1.29 bits per heavy atom. The minimum atomic E-state index is -4.24. The van der Waals surface area contributed by atoms with Crippen molar-refractivity contribution in [1.82, 2.24) is 4.90 Å². The van der Waals surface area contributed by atoms with Crippen LogP contribution < -0.4 is 5.73 Å². The maximum Gasteiger partial charge on any atom is 0.391 e. The highest BCUT2D eigenvalue weighted by Gasteiger charge is 2.42. The molecule has 0 aromatic heterocycles. The number of benzene rings is 1. The van der Waals surface area contributed by atoms with Crippen LogP contribution in [0.2, 0.25) is 0 Å². The van der Waals surface area contributed by atoms with Crippen LogP contribution in [0.4, 0.5) is 23.2 Å². The molecule has 2 N–H and O–H groups in total. The highest BCUT2D eigenvalue weighted by Crippen LogP contribution is 2.34. The van der Waals surface area contributed by atoms with Crippen LogP contribution in [0.5, 0.6) is 0 Å². The van der Waals surface area contributed by atoms with Crippen molar-refractivity contribution in [2.24, 2.45) is 5.92 Å². The molecule has 0 saturated carbocycles. The lowest BCUT2D eigenvalue weighted by Crippen LogP contribution is -2.42. The van der Waals surface area contributed by atoms with Gasteiger partial charge in [0.2, 0.25) is 0 Å². The van der Waals surface area contributed by atoms with Crippen molar-refractivity contribution in [3.63, 3.8) is 0 Å². The van der Waals surface area contributed by atoms with E-state index in [2.05, 4.69) is 0 Å². The summed E-state index contributed by atoms with van der Waals surface area (Å²) in [7, 11) is 0. The summed E-state index contributed by atoms with van der Waals surface area (Å²) < 4.78 is 51.7. The Morgan fingerprint density at radius 2 is 1.86 bits per heavy atom. The number of rotatable bonds is 1. The van der Waals surface area contributed by atoms with Gasteiger partial charge in [-0.05, 0) is 37.5 Å². The first-order chi connectivity index (χ1) is 9.70. The first-order valence-corrected chi connectivity index (χ1v) is 6.61. The van der Waals surface area contributed by atoms with E-state index < -0.39 is 23.8 Å². The van der Waals surface area contributed by atoms with Gasteiger partial charge in [0, 0.05) is 18.8 Å². The number of carbonyl (C=O) groups is 1. The Balaban J connectivity index is 2.13. The van der Waals surface area contributed by atoms with Crippen LogP contribution >= 0.6 is 0 Å². The van der Waals surface area contributed by atoms with Crippen LogP contribution in [0.3, 0.4) is 0 Å². The second-order valence-electron chi connectivity index (χ2n) is 5.31. The average molecular weight is 304 g/mol. The van der Waals surface area contributed by atoms with Crippen LogP contribution in [-0.4, -0.2) is 30.1 Å². The number of aryl methyl sites for hydroxylation is 1. The molecule has 1 aromatic carbocycles. The Kier molecular flexibility index (Phi) is 4.11. The zero-order valence-electron chi connectivity index (χ0n) is 11.5. The van der Waals surface area contributed by atoms with Gasteiger partial charge in [0.15, 0.2) is 0 Å². The van der Waals surface area contributed by atoms with E-state index in [9.17, 15) is 22.4 Å². The lowest BCUT2D eigenvalue weighted by atomic mass is 9.95. The number of amides is 1. The smallest absolute Gasteiger partial charge is 0.391 e. The Labute approximate surface area is 119 Å². The molecule has 1 amide bonds. The molecule has 3 nitrogen and oxygen atoms in total. The van der Waals surface area contributed by atoms with E-state index >= 15 is 0 Å². The molecule has 1 aliphatic rings. The monoisotopic (exact) mass is 304 g/mol. The van der Waals surface area contributed by atoms with Gasteiger partial charge < -0.3 is 10.6 Å². The molecular formula is C14H16F4N2O. The molecule has 116 valence electrons. The van der Waals surface area contributed by atoms with Gasteiger partial charge in [-0.25, -0.2) is 4.39 Å². The van der Waals surface area contributed by atoms with Crippen molar-refractivity contribution in [1.29, 1.82) is 0 Å². The third kappa shape index (κ3) is 3.28. The van der Waals surface area contributed by atoms with E-state index in [1.165, 1.54) is 24.0 Å². The molecular weight excluding hydrogens is 288 g/mol. The van der Waals surface area contributed by atoms with E-state index in [4.69, 9.17) is 5.73 Å². The molecule has 0 unspecified atom stereocenters. The van der Waals surface area contributed by atoms with Crippen LogP contribution in [0.15, 0.2) is 12.1 Å². The van der Waals surface area contributed by atoms with Crippen molar-refractivity contribution in [2.45, 2.75) is 25.9 Å². The predicted octanol–water partition coefficient (Wildman–Crippen LogP) is 3.13. The van der Waals surface area contributed by atoms with Crippen LogP contribution in [0.25, 0.3) is 0 Å². The Morgan fingerprint density at radius 3 is 2.38 bits per heavy atom. The number of nitrogens with zero attached hydrogens (tertiary/aromatic N) is 1. The van der Waals surface area contributed by atoms with E-state index in [0.717, 1.165) is 0 Å². The summed E-state index contributed by atoms with van der Waals surface area (Å²) in [5, 5.41) is 0. The number of halogens is 4. The number of nitrogen functional groups attached to an aromatic ring is 1. The third-order valence-corrected chi connectivity index (χ3v) is 3.75. The summed E-state index contributed by atoms with van der Waals surface area (Å²) in [4.78, 5) is 13.5. The Bertz CT molecular complexity index is 549. The first kappa shape index (κ1) is 15.6. The zero-order valence-corrected chi connectivity index (χ0v) is 11.5. The van der Waals surface area contributed by atoms with E-state index in [0.29, 0.717) is 0 Å². The fourth-order valence-corrected chi connectivity index (χ4v) is 2.53. The van der Waals surface area contributed by atoms with E-state index in [1.807, 2.05) is 0 Å². The van der Waals surface area contributed by atoms with E-state index in [1.54, 1.807) is 0 Å². The highest BCUT2D eigenvalue weighted by molar-refractivity contribution is 5.95. The molecule has 0 aliphatic carbocycles. The van der Waals surface area contributed by atoms with Gasteiger partial charge in [0.1, 0.15) is 5.82 Å². The SMILES string of the molecule is Cc1cc(N)cc(C(=O)N2CCC(C(F)(F)F)CC2)c1F.